The predicted molar refractivity (Wildman–Crippen MR) is 70.3 cm³/mol. The van der Waals surface area contributed by atoms with Crippen LogP contribution in [0.1, 0.15) is 12.5 Å². The van der Waals surface area contributed by atoms with Gasteiger partial charge in [0.25, 0.3) is 0 Å². The Labute approximate surface area is 114 Å². The Kier molecular flexibility index (Phi) is 3.83. The number of nitrogens with two attached hydrogens (primary N) is 1. The molecule has 0 saturated carbocycles. The third kappa shape index (κ3) is 3.01. The average Bonchev–Trinajstić information content (AvgIpc) is 2.38. The van der Waals surface area contributed by atoms with Crippen LogP contribution in [0, 0.1) is 0 Å². The van der Waals surface area contributed by atoms with E-state index in [1.807, 2.05) is 6.92 Å². The zero-order chi connectivity index (χ0) is 14.8. The molecule has 3 nitrogen and oxygen atoms in total. The van der Waals surface area contributed by atoms with Crippen LogP contribution in [0.2, 0.25) is 0 Å². The van der Waals surface area contributed by atoms with Gasteiger partial charge in [0.2, 0.25) is 0 Å². The summed E-state index contributed by atoms with van der Waals surface area (Å²) in [6.07, 6.45) is -1.34. The van der Waals surface area contributed by atoms with Gasteiger partial charge in [-0.2, -0.15) is 13.2 Å². The summed E-state index contributed by atoms with van der Waals surface area (Å²) < 4.78 is 43.0. The van der Waals surface area contributed by atoms with Crippen LogP contribution in [0.3, 0.4) is 0 Å². The number of hydrogen-bond donors (Lipinski definition) is 1. The lowest BCUT2D eigenvalue weighted by atomic mass is 10.0. The van der Waals surface area contributed by atoms with Crippen molar-refractivity contribution < 1.29 is 17.9 Å². The number of halogens is 3. The first kappa shape index (κ1) is 14.2. The van der Waals surface area contributed by atoms with Crippen molar-refractivity contribution in [3.05, 3.63) is 42.2 Å². The van der Waals surface area contributed by atoms with E-state index >= 15 is 0 Å². The molecular weight excluding hydrogens is 269 g/mol. The fourth-order valence-corrected chi connectivity index (χ4v) is 1.81. The number of benzene rings is 1. The van der Waals surface area contributed by atoms with Gasteiger partial charge in [0.05, 0.1) is 18.4 Å². The number of ether oxygens (including phenoxy) is 1. The van der Waals surface area contributed by atoms with Crippen molar-refractivity contribution >= 4 is 5.69 Å². The van der Waals surface area contributed by atoms with Crippen LogP contribution in [0.4, 0.5) is 18.9 Å². The highest BCUT2D eigenvalue weighted by Crippen LogP contribution is 2.35. The van der Waals surface area contributed by atoms with Gasteiger partial charge in [-0.15, -0.1) is 0 Å². The van der Waals surface area contributed by atoms with Gasteiger partial charge in [0.1, 0.15) is 5.75 Å². The first-order chi connectivity index (χ1) is 9.41. The maximum atomic E-state index is 12.6. The smallest absolute Gasteiger partial charge is 0.416 e. The second-order valence-electron chi connectivity index (χ2n) is 4.14. The van der Waals surface area contributed by atoms with E-state index in [1.54, 1.807) is 6.07 Å². The molecule has 2 rings (SSSR count). The third-order valence-electron chi connectivity index (χ3n) is 2.71. The van der Waals surface area contributed by atoms with E-state index in [9.17, 15) is 13.2 Å². The van der Waals surface area contributed by atoms with Gasteiger partial charge >= 0.3 is 6.18 Å². The molecule has 0 aliphatic carbocycles. The van der Waals surface area contributed by atoms with Crippen molar-refractivity contribution in [1.82, 2.24) is 4.98 Å². The zero-order valence-electron chi connectivity index (χ0n) is 10.7. The lowest BCUT2D eigenvalue weighted by Crippen LogP contribution is -2.06. The van der Waals surface area contributed by atoms with Gasteiger partial charge in [-0.05, 0) is 25.1 Å². The maximum absolute atomic E-state index is 12.6. The quantitative estimate of drug-likeness (QED) is 0.872. The largest absolute Gasteiger partial charge is 0.492 e. The number of rotatable bonds is 3. The standard InChI is InChI=1S/C14H13F3N2O/c1-2-20-11-5-9(7-19-8-11)12-4-3-10(6-13(12)18)14(15,16)17/h3-8H,2,18H2,1H3. The monoisotopic (exact) mass is 282 g/mol. The van der Waals surface area contributed by atoms with Crippen molar-refractivity contribution in [3.63, 3.8) is 0 Å². The van der Waals surface area contributed by atoms with E-state index in [2.05, 4.69) is 4.98 Å². The van der Waals surface area contributed by atoms with Crippen LogP contribution in [0.5, 0.6) is 5.75 Å². The first-order valence-corrected chi connectivity index (χ1v) is 5.96. The molecule has 0 saturated heterocycles. The summed E-state index contributed by atoms with van der Waals surface area (Å²) in [7, 11) is 0. The number of aromatic nitrogens is 1. The number of alkyl halides is 3. The number of nitrogens with zero attached hydrogens (tertiary/aromatic N) is 1. The molecule has 20 heavy (non-hydrogen) atoms. The predicted octanol–water partition coefficient (Wildman–Crippen LogP) is 3.75. The Hall–Kier alpha value is -2.24. The van der Waals surface area contributed by atoms with Crippen molar-refractivity contribution in [1.29, 1.82) is 0 Å². The first-order valence-electron chi connectivity index (χ1n) is 5.96. The highest BCUT2D eigenvalue weighted by atomic mass is 19.4. The Morgan fingerprint density at radius 1 is 1.20 bits per heavy atom. The highest BCUT2D eigenvalue weighted by molar-refractivity contribution is 5.77. The van der Waals surface area contributed by atoms with Crippen LogP contribution in [0.25, 0.3) is 11.1 Å². The molecule has 0 atom stereocenters. The van der Waals surface area contributed by atoms with E-state index in [1.165, 1.54) is 18.5 Å². The molecule has 0 bridgehead atoms. The van der Waals surface area contributed by atoms with Crippen molar-refractivity contribution in [2.45, 2.75) is 13.1 Å². The van der Waals surface area contributed by atoms with E-state index in [-0.39, 0.29) is 5.69 Å². The molecule has 1 aromatic heterocycles. The van der Waals surface area contributed by atoms with Gasteiger partial charge in [-0.3, -0.25) is 4.98 Å². The zero-order valence-corrected chi connectivity index (χ0v) is 10.7. The van der Waals surface area contributed by atoms with E-state index in [4.69, 9.17) is 10.5 Å². The number of pyridine rings is 1. The third-order valence-corrected chi connectivity index (χ3v) is 2.71. The molecule has 0 aliphatic heterocycles. The lowest BCUT2D eigenvalue weighted by Gasteiger charge is -2.11. The summed E-state index contributed by atoms with van der Waals surface area (Å²) in [6, 6.07) is 4.95. The average molecular weight is 282 g/mol. The van der Waals surface area contributed by atoms with Crippen molar-refractivity contribution in [2.75, 3.05) is 12.3 Å². The van der Waals surface area contributed by atoms with E-state index < -0.39 is 11.7 Å². The molecule has 0 radical (unpaired) electrons. The normalized spacial score (nSPS) is 11.4. The Balaban J connectivity index is 2.41. The van der Waals surface area contributed by atoms with Gasteiger partial charge in [-0.1, -0.05) is 6.07 Å². The summed E-state index contributed by atoms with van der Waals surface area (Å²) in [5.41, 5.74) is 6.09. The van der Waals surface area contributed by atoms with E-state index in [0.717, 1.165) is 12.1 Å². The summed E-state index contributed by atoms with van der Waals surface area (Å²) in [5.74, 6) is 0.546. The Morgan fingerprint density at radius 2 is 1.95 bits per heavy atom. The van der Waals surface area contributed by atoms with E-state index in [0.29, 0.717) is 23.5 Å². The van der Waals surface area contributed by atoms with Crippen LogP contribution in [-0.2, 0) is 6.18 Å². The van der Waals surface area contributed by atoms with Gasteiger partial charge in [-0.25, -0.2) is 0 Å². The topological polar surface area (TPSA) is 48.1 Å². The molecule has 0 amide bonds. The second kappa shape index (κ2) is 5.40. The fraction of sp³-hybridized carbons (Fsp3) is 0.214. The summed E-state index contributed by atoms with van der Waals surface area (Å²) >= 11 is 0. The van der Waals surface area contributed by atoms with Gasteiger partial charge < -0.3 is 10.5 Å². The summed E-state index contributed by atoms with van der Waals surface area (Å²) in [5, 5.41) is 0. The molecule has 0 spiro atoms. The second-order valence-corrected chi connectivity index (χ2v) is 4.14. The molecule has 1 heterocycles. The number of hydrogen-bond acceptors (Lipinski definition) is 3. The molecular formula is C14H13F3N2O. The van der Waals surface area contributed by atoms with Crippen LogP contribution in [-0.4, -0.2) is 11.6 Å². The SMILES string of the molecule is CCOc1cncc(-c2ccc(C(F)(F)F)cc2N)c1. The van der Waals surface area contributed by atoms with Crippen molar-refractivity contribution in [2.24, 2.45) is 0 Å². The number of nitrogen functional groups attached to an aromatic ring is 1. The molecule has 2 N–H and O–H groups in total. The minimum Gasteiger partial charge on any atom is -0.492 e. The minimum atomic E-state index is -4.40. The molecule has 6 heteroatoms. The van der Waals surface area contributed by atoms with Crippen LogP contribution >= 0.6 is 0 Å². The molecule has 0 aliphatic rings. The molecule has 2 aromatic rings. The minimum absolute atomic E-state index is 0.0512. The van der Waals surface area contributed by atoms with Gasteiger partial charge in [0, 0.05) is 23.0 Å². The highest BCUT2D eigenvalue weighted by Gasteiger charge is 2.30. The van der Waals surface area contributed by atoms with Crippen LogP contribution < -0.4 is 10.5 Å². The molecule has 106 valence electrons. The van der Waals surface area contributed by atoms with Gasteiger partial charge in [0.15, 0.2) is 0 Å². The summed E-state index contributed by atoms with van der Waals surface area (Å²) in [4.78, 5) is 3.99. The van der Waals surface area contributed by atoms with Crippen LogP contribution in [0.15, 0.2) is 36.7 Å². The Morgan fingerprint density at radius 3 is 2.55 bits per heavy atom. The summed E-state index contributed by atoms with van der Waals surface area (Å²) in [6.45, 7) is 2.31. The number of anilines is 1. The maximum Gasteiger partial charge on any atom is 0.416 e. The fourth-order valence-electron chi connectivity index (χ4n) is 1.81. The lowest BCUT2D eigenvalue weighted by molar-refractivity contribution is -0.137. The Bertz CT molecular complexity index is 612. The molecule has 1 aromatic carbocycles. The van der Waals surface area contributed by atoms with Crippen molar-refractivity contribution in [3.8, 4) is 16.9 Å². The molecule has 0 unspecified atom stereocenters. The molecule has 0 fully saturated rings.